The van der Waals surface area contributed by atoms with Crippen LogP contribution in [0.5, 0.6) is 11.5 Å². The number of nitrogens with one attached hydrogen (secondary N) is 1. The Balaban J connectivity index is 1.63. The van der Waals surface area contributed by atoms with E-state index in [9.17, 15) is 9.59 Å². The molecule has 1 aliphatic rings. The van der Waals surface area contributed by atoms with Crippen LogP contribution in [0.1, 0.15) is 47.7 Å². The van der Waals surface area contributed by atoms with Crippen LogP contribution < -0.4 is 15.8 Å². The maximum atomic E-state index is 13.6. The zero-order valence-electron chi connectivity index (χ0n) is 19.9. The molecule has 2 heterocycles. The van der Waals surface area contributed by atoms with E-state index < -0.39 is 5.97 Å². The van der Waals surface area contributed by atoms with Crippen LogP contribution >= 0.6 is 0 Å². The molecule has 0 atom stereocenters. The number of carbonyl (C=O) groups is 2. The van der Waals surface area contributed by atoms with Crippen molar-refractivity contribution in [3.05, 3.63) is 72.2 Å². The first-order valence-electron chi connectivity index (χ1n) is 11.9. The molecule has 0 spiro atoms. The van der Waals surface area contributed by atoms with Gasteiger partial charge in [-0.1, -0.05) is 43.2 Å². The van der Waals surface area contributed by atoms with Crippen LogP contribution in [-0.4, -0.2) is 40.1 Å². The topological polar surface area (TPSA) is 121 Å². The van der Waals surface area contributed by atoms with Gasteiger partial charge in [0.15, 0.2) is 5.82 Å². The number of esters is 1. The highest BCUT2D eigenvalue weighted by Gasteiger charge is 2.33. The van der Waals surface area contributed by atoms with E-state index in [2.05, 4.69) is 15.4 Å². The number of ether oxygens (including phenoxy) is 2. The summed E-state index contributed by atoms with van der Waals surface area (Å²) in [4.78, 5) is 29.5. The van der Waals surface area contributed by atoms with Crippen LogP contribution in [0.15, 0.2) is 60.9 Å². The van der Waals surface area contributed by atoms with E-state index >= 15 is 0 Å². The molecule has 1 saturated carbocycles. The molecule has 9 nitrogen and oxygen atoms in total. The fourth-order valence-corrected chi connectivity index (χ4v) is 4.85. The maximum absolute atomic E-state index is 13.6. The van der Waals surface area contributed by atoms with Crippen LogP contribution in [0, 0.1) is 0 Å². The van der Waals surface area contributed by atoms with Crippen LogP contribution in [0.4, 0.5) is 5.82 Å². The number of carbonyl (C=O) groups excluding carboxylic acids is 2. The zero-order chi connectivity index (χ0) is 25.1. The molecule has 184 valence electrons. The molecule has 2 aromatic carbocycles. The van der Waals surface area contributed by atoms with Crippen LogP contribution in [-0.2, 0) is 9.53 Å². The highest BCUT2D eigenvalue weighted by Crippen LogP contribution is 2.43. The van der Waals surface area contributed by atoms with E-state index in [1.807, 2.05) is 54.6 Å². The number of para-hydroxylation sites is 1. The summed E-state index contributed by atoms with van der Waals surface area (Å²) >= 11 is 0. The van der Waals surface area contributed by atoms with Crippen molar-refractivity contribution < 1.29 is 19.1 Å². The van der Waals surface area contributed by atoms with Gasteiger partial charge >= 0.3 is 5.97 Å². The van der Waals surface area contributed by atoms with Gasteiger partial charge in [-0.05, 0) is 42.7 Å². The molecular weight excluding hydrogens is 458 g/mol. The molecule has 0 unspecified atom stereocenters. The SMILES string of the molecule is COC(=O)CNC(=O)c1c(-c2ccc(Oc3ccccc3)cc2)c2c(N)ncnn2c1C1CCCC1. The summed E-state index contributed by atoms with van der Waals surface area (Å²) < 4.78 is 12.4. The third-order valence-corrected chi connectivity index (χ3v) is 6.50. The summed E-state index contributed by atoms with van der Waals surface area (Å²) in [6.07, 6.45) is 5.43. The van der Waals surface area contributed by atoms with Gasteiger partial charge in [0.05, 0.1) is 18.4 Å². The summed E-state index contributed by atoms with van der Waals surface area (Å²) in [7, 11) is 1.28. The third kappa shape index (κ3) is 4.47. The average molecular weight is 486 g/mol. The Bertz CT molecular complexity index is 1390. The number of hydrogen-bond donors (Lipinski definition) is 2. The second-order valence-corrected chi connectivity index (χ2v) is 8.72. The number of nitrogens with two attached hydrogens (primary N) is 1. The molecule has 1 fully saturated rings. The molecule has 5 rings (SSSR count). The first-order valence-corrected chi connectivity index (χ1v) is 11.9. The standard InChI is InChI=1S/C27H27N5O4/c1-35-21(33)15-29-27(34)23-22(17-11-13-20(14-12-17)36-19-9-3-2-4-10-19)25-26(28)30-16-31-32(25)24(23)18-7-5-6-8-18/h2-4,9-14,16,18H,5-8,15H2,1H3,(H,29,34)(H2,28,30,31). The lowest BCUT2D eigenvalue weighted by Crippen LogP contribution is -2.31. The largest absolute Gasteiger partial charge is 0.468 e. The van der Waals surface area contributed by atoms with Crippen molar-refractivity contribution in [2.45, 2.75) is 31.6 Å². The number of anilines is 1. The quantitative estimate of drug-likeness (QED) is 0.374. The van der Waals surface area contributed by atoms with E-state index in [4.69, 9.17) is 15.2 Å². The average Bonchev–Trinajstić information content (AvgIpc) is 3.55. The van der Waals surface area contributed by atoms with E-state index in [1.165, 1.54) is 13.4 Å². The van der Waals surface area contributed by atoms with Crippen molar-refractivity contribution in [1.29, 1.82) is 0 Å². The molecule has 1 aliphatic carbocycles. The highest BCUT2D eigenvalue weighted by atomic mass is 16.5. The minimum Gasteiger partial charge on any atom is -0.468 e. The number of amides is 1. The van der Waals surface area contributed by atoms with E-state index in [1.54, 1.807) is 4.52 Å². The Kier molecular flexibility index (Phi) is 6.53. The van der Waals surface area contributed by atoms with E-state index in [0.29, 0.717) is 22.4 Å². The molecule has 0 radical (unpaired) electrons. The zero-order valence-corrected chi connectivity index (χ0v) is 19.9. The van der Waals surface area contributed by atoms with Crippen LogP contribution in [0.3, 0.4) is 0 Å². The lowest BCUT2D eigenvalue weighted by Gasteiger charge is -2.13. The fraction of sp³-hybridized carbons (Fsp3) is 0.259. The minimum absolute atomic E-state index is 0.139. The molecule has 3 N–H and O–H groups in total. The second-order valence-electron chi connectivity index (χ2n) is 8.72. The number of hydrogen-bond acceptors (Lipinski definition) is 7. The summed E-state index contributed by atoms with van der Waals surface area (Å²) in [5.74, 6) is 0.884. The van der Waals surface area contributed by atoms with Crippen molar-refractivity contribution in [2.24, 2.45) is 0 Å². The van der Waals surface area contributed by atoms with Gasteiger partial charge in [-0.3, -0.25) is 9.59 Å². The summed E-state index contributed by atoms with van der Waals surface area (Å²) in [6, 6.07) is 17.0. The third-order valence-electron chi connectivity index (χ3n) is 6.50. The molecular formula is C27H27N5O4. The van der Waals surface area contributed by atoms with Crippen LogP contribution in [0.2, 0.25) is 0 Å². The number of benzene rings is 2. The van der Waals surface area contributed by atoms with Crippen molar-refractivity contribution in [2.75, 3.05) is 19.4 Å². The van der Waals surface area contributed by atoms with Crippen molar-refractivity contribution in [3.63, 3.8) is 0 Å². The van der Waals surface area contributed by atoms with Gasteiger partial charge in [-0.2, -0.15) is 5.10 Å². The Morgan fingerprint density at radius 2 is 1.75 bits per heavy atom. The Hall–Kier alpha value is -4.40. The smallest absolute Gasteiger partial charge is 0.325 e. The van der Waals surface area contributed by atoms with Gasteiger partial charge in [0, 0.05) is 11.5 Å². The van der Waals surface area contributed by atoms with Crippen LogP contribution in [0.25, 0.3) is 16.6 Å². The summed E-state index contributed by atoms with van der Waals surface area (Å²) in [5.41, 5.74) is 9.56. The summed E-state index contributed by atoms with van der Waals surface area (Å²) in [5, 5.41) is 7.20. The molecule has 9 heteroatoms. The monoisotopic (exact) mass is 485 g/mol. The molecule has 36 heavy (non-hydrogen) atoms. The lowest BCUT2D eigenvalue weighted by molar-refractivity contribution is -0.139. The molecule has 2 aromatic heterocycles. The van der Waals surface area contributed by atoms with Gasteiger partial charge < -0.3 is 20.5 Å². The molecule has 4 aromatic rings. The molecule has 0 bridgehead atoms. The van der Waals surface area contributed by atoms with Gasteiger partial charge in [-0.25, -0.2) is 9.50 Å². The summed E-state index contributed by atoms with van der Waals surface area (Å²) in [6.45, 7) is -0.240. The predicted octanol–water partition coefficient (Wildman–Crippen LogP) is 4.33. The number of nitrogens with zero attached hydrogens (tertiary/aromatic N) is 3. The van der Waals surface area contributed by atoms with Gasteiger partial charge in [0.25, 0.3) is 5.91 Å². The number of methoxy groups -OCH3 is 1. The van der Waals surface area contributed by atoms with E-state index in [-0.39, 0.29) is 24.2 Å². The highest BCUT2D eigenvalue weighted by molar-refractivity contribution is 6.09. The second kappa shape index (κ2) is 10.1. The number of nitrogen functional groups attached to an aromatic ring is 1. The van der Waals surface area contributed by atoms with Crippen molar-refractivity contribution >= 4 is 23.2 Å². The van der Waals surface area contributed by atoms with E-state index in [0.717, 1.165) is 42.7 Å². The van der Waals surface area contributed by atoms with Gasteiger partial charge in [0.2, 0.25) is 0 Å². The number of aromatic nitrogens is 3. The Labute approximate surface area is 208 Å². The Morgan fingerprint density at radius 1 is 1.06 bits per heavy atom. The minimum atomic E-state index is -0.530. The number of rotatable bonds is 7. The normalized spacial score (nSPS) is 13.6. The lowest BCUT2D eigenvalue weighted by atomic mass is 9.94. The molecule has 0 aliphatic heterocycles. The molecule has 0 saturated heterocycles. The first kappa shape index (κ1) is 23.3. The van der Waals surface area contributed by atoms with Gasteiger partial charge in [0.1, 0.15) is 29.9 Å². The maximum Gasteiger partial charge on any atom is 0.325 e. The van der Waals surface area contributed by atoms with Crippen molar-refractivity contribution in [1.82, 2.24) is 19.9 Å². The number of fused-ring (bicyclic) bond motifs is 1. The van der Waals surface area contributed by atoms with Gasteiger partial charge in [-0.15, -0.1) is 0 Å². The predicted molar refractivity (Wildman–Crippen MR) is 135 cm³/mol. The molecule has 1 amide bonds. The first-order chi connectivity index (χ1) is 17.6. The Morgan fingerprint density at radius 3 is 2.44 bits per heavy atom. The fourth-order valence-electron chi connectivity index (χ4n) is 4.85. The van der Waals surface area contributed by atoms with Crippen molar-refractivity contribution in [3.8, 4) is 22.6 Å².